The number of fused-ring (bicyclic) bond motifs is 3. The van der Waals surface area contributed by atoms with Crippen LogP contribution in [0.3, 0.4) is 0 Å². The van der Waals surface area contributed by atoms with Gasteiger partial charge in [-0.1, -0.05) is 37.3 Å². The maximum Gasteiger partial charge on any atom is 0.314 e. The van der Waals surface area contributed by atoms with Gasteiger partial charge in [0.05, 0.1) is 18.1 Å². The minimum Gasteiger partial charge on any atom is -0.497 e. The number of nitrogens with zero attached hydrogens (tertiary/aromatic N) is 3. The van der Waals surface area contributed by atoms with Crippen molar-refractivity contribution >= 4 is 33.8 Å². The molecule has 34 heavy (non-hydrogen) atoms. The molecule has 0 aliphatic carbocycles. The fourth-order valence-corrected chi connectivity index (χ4v) is 4.10. The Hall–Kier alpha value is -3.81. The number of methoxy groups -OCH3 is 1. The lowest BCUT2D eigenvalue weighted by molar-refractivity contribution is 0.240. The number of amides is 2. The summed E-state index contributed by atoms with van der Waals surface area (Å²) in [6.45, 7) is 4.11. The molecule has 2 amide bonds. The van der Waals surface area contributed by atoms with E-state index in [-0.39, 0.29) is 8.88 Å². The highest BCUT2D eigenvalue weighted by Crippen LogP contribution is 2.30. The van der Waals surface area contributed by atoms with E-state index in [4.69, 9.17) is 15.5 Å². The standard InChI is InChI=1S/C26H32N6O2.2H2/c1-3-14-28-26(33)29-15-6-7-16-32-22(17-18-10-12-19(34-2)13-11-18)31-23-24(32)20-8-4-5-9-21(20)30-25(23)27;;/h4-5,8-13H,3,6-7,14-17H2,1-2H3,(H2,27,30)(H2,28,29,33);2*1H. The van der Waals surface area contributed by atoms with Crippen molar-refractivity contribution in [2.45, 2.75) is 39.2 Å². The number of carbonyl (C=O) groups excluding carboxylic acids is 1. The lowest BCUT2D eigenvalue weighted by Gasteiger charge is -2.12. The van der Waals surface area contributed by atoms with Crippen molar-refractivity contribution in [2.75, 3.05) is 25.9 Å². The predicted octanol–water partition coefficient (Wildman–Crippen LogP) is 4.75. The van der Waals surface area contributed by atoms with Gasteiger partial charge in [-0.25, -0.2) is 14.8 Å². The second kappa shape index (κ2) is 10.9. The molecular formula is C26H36N6O2. The van der Waals surface area contributed by atoms with E-state index in [1.807, 2.05) is 37.3 Å². The number of carbonyl (C=O) groups is 1. The SMILES string of the molecule is CCCNC(=O)NCCCCn1c(Cc2ccc(OC)cc2)nc2c(N)nc3ccccc3c21.[HH].[HH]. The summed E-state index contributed by atoms with van der Waals surface area (Å²) in [5.41, 5.74) is 10.1. The monoisotopic (exact) mass is 464 g/mol. The molecule has 4 N–H and O–H groups in total. The summed E-state index contributed by atoms with van der Waals surface area (Å²) < 4.78 is 7.55. The molecule has 0 unspecified atom stereocenters. The number of imidazole rings is 1. The van der Waals surface area contributed by atoms with Gasteiger partial charge in [0, 0.05) is 34.3 Å². The molecule has 0 fully saturated rings. The van der Waals surface area contributed by atoms with Crippen molar-refractivity contribution < 1.29 is 12.4 Å². The second-order valence-electron chi connectivity index (χ2n) is 8.31. The van der Waals surface area contributed by atoms with Gasteiger partial charge in [0.15, 0.2) is 5.82 Å². The molecule has 0 spiro atoms. The highest BCUT2D eigenvalue weighted by molar-refractivity contribution is 6.06. The highest BCUT2D eigenvalue weighted by Gasteiger charge is 2.17. The molecule has 8 nitrogen and oxygen atoms in total. The molecule has 2 aromatic heterocycles. The summed E-state index contributed by atoms with van der Waals surface area (Å²) in [5.74, 6) is 2.21. The van der Waals surface area contributed by atoms with E-state index in [0.29, 0.717) is 25.3 Å². The van der Waals surface area contributed by atoms with Crippen molar-refractivity contribution in [1.82, 2.24) is 25.2 Å². The van der Waals surface area contributed by atoms with Gasteiger partial charge in [0.25, 0.3) is 0 Å². The molecule has 4 aromatic rings. The fraction of sp³-hybridized carbons (Fsp3) is 0.346. The third kappa shape index (κ3) is 5.22. The largest absolute Gasteiger partial charge is 0.497 e. The van der Waals surface area contributed by atoms with Crippen LogP contribution in [-0.2, 0) is 13.0 Å². The first kappa shape index (κ1) is 23.4. The molecule has 0 aliphatic rings. The molecule has 0 atom stereocenters. The van der Waals surface area contributed by atoms with Crippen molar-refractivity contribution in [1.29, 1.82) is 0 Å². The van der Waals surface area contributed by atoms with Crippen molar-refractivity contribution in [3.63, 3.8) is 0 Å². The Bertz CT molecular complexity index is 1280. The van der Waals surface area contributed by atoms with Crippen LogP contribution in [0.1, 0.15) is 40.4 Å². The van der Waals surface area contributed by atoms with Gasteiger partial charge in [-0.15, -0.1) is 0 Å². The predicted molar refractivity (Wildman–Crippen MR) is 140 cm³/mol. The summed E-state index contributed by atoms with van der Waals surface area (Å²) in [4.78, 5) is 21.3. The van der Waals surface area contributed by atoms with Crippen LogP contribution in [0.2, 0.25) is 0 Å². The molecule has 8 heteroatoms. The molecule has 0 aliphatic heterocycles. The maximum absolute atomic E-state index is 11.8. The van der Waals surface area contributed by atoms with E-state index >= 15 is 0 Å². The van der Waals surface area contributed by atoms with Crippen LogP contribution in [-0.4, -0.2) is 40.8 Å². The van der Waals surface area contributed by atoms with E-state index in [1.165, 1.54) is 0 Å². The third-order valence-corrected chi connectivity index (χ3v) is 5.84. The van der Waals surface area contributed by atoms with Crippen LogP contribution in [0.5, 0.6) is 5.75 Å². The fourth-order valence-electron chi connectivity index (χ4n) is 4.10. The Morgan fingerprint density at radius 2 is 1.82 bits per heavy atom. The molecule has 182 valence electrons. The van der Waals surface area contributed by atoms with Crippen LogP contribution < -0.4 is 21.1 Å². The average molecular weight is 465 g/mol. The number of benzene rings is 2. The first-order valence-corrected chi connectivity index (χ1v) is 11.8. The number of aryl methyl sites for hydroxylation is 1. The van der Waals surface area contributed by atoms with Gasteiger partial charge >= 0.3 is 6.03 Å². The number of aromatic nitrogens is 3. The molecule has 2 heterocycles. The summed E-state index contributed by atoms with van der Waals surface area (Å²) in [6.07, 6.45) is 3.35. The number of pyridine rings is 1. The molecular weight excluding hydrogens is 428 g/mol. The zero-order valence-electron chi connectivity index (χ0n) is 19.8. The average Bonchev–Trinajstić information content (AvgIpc) is 3.22. The number of anilines is 1. The van der Waals surface area contributed by atoms with Crippen LogP contribution in [0, 0.1) is 0 Å². The van der Waals surface area contributed by atoms with Gasteiger partial charge in [-0.2, -0.15) is 0 Å². The van der Waals surface area contributed by atoms with Crippen LogP contribution >= 0.6 is 0 Å². The Morgan fingerprint density at radius 1 is 1.06 bits per heavy atom. The summed E-state index contributed by atoms with van der Waals surface area (Å²) in [6, 6.07) is 15.9. The van der Waals surface area contributed by atoms with E-state index < -0.39 is 0 Å². The minimum absolute atomic E-state index is 0. The van der Waals surface area contributed by atoms with Crippen molar-refractivity contribution in [3.8, 4) is 5.75 Å². The van der Waals surface area contributed by atoms with Gasteiger partial charge in [0.2, 0.25) is 0 Å². The molecule has 2 aromatic carbocycles. The van der Waals surface area contributed by atoms with Crippen molar-refractivity contribution in [2.24, 2.45) is 0 Å². The van der Waals surface area contributed by atoms with E-state index in [1.54, 1.807) is 7.11 Å². The number of nitrogens with one attached hydrogen (secondary N) is 2. The summed E-state index contributed by atoms with van der Waals surface area (Å²) >= 11 is 0. The Balaban J connectivity index is 0.00000228. The van der Waals surface area contributed by atoms with Crippen LogP contribution in [0.4, 0.5) is 10.6 Å². The Kier molecular flexibility index (Phi) is 7.47. The van der Waals surface area contributed by atoms with Gasteiger partial charge in [0.1, 0.15) is 17.1 Å². The number of nitrogens with two attached hydrogens (primary N) is 1. The number of ether oxygens (including phenoxy) is 1. The smallest absolute Gasteiger partial charge is 0.314 e. The van der Waals surface area contributed by atoms with Crippen LogP contribution in [0.15, 0.2) is 48.5 Å². The first-order valence-electron chi connectivity index (χ1n) is 11.8. The van der Waals surface area contributed by atoms with E-state index in [9.17, 15) is 4.79 Å². The number of unbranched alkanes of at least 4 members (excludes halogenated alkanes) is 1. The molecule has 0 radical (unpaired) electrons. The summed E-state index contributed by atoms with van der Waals surface area (Å²) in [5, 5.41) is 6.80. The molecule has 0 saturated heterocycles. The van der Waals surface area contributed by atoms with Gasteiger partial charge in [-0.3, -0.25) is 0 Å². The first-order chi connectivity index (χ1) is 16.6. The Morgan fingerprint density at radius 3 is 2.59 bits per heavy atom. The quantitative estimate of drug-likeness (QED) is 0.294. The summed E-state index contributed by atoms with van der Waals surface area (Å²) in [7, 11) is 1.66. The minimum atomic E-state index is -0.111. The lowest BCUT2D eigenvalue weighted by Crippen LogP contribution is -2.36. The number of para-hydroxylation sites is 1. The lowest BCUT2D eigenvalue weighted by atomic mass is 10.1. The number of rotatable bonds is 10. The second-order valence-corrected chi connectivity index (χ2v) is 8.31. The normalized spacial score (nSPS) is 11.1. The van der Waals surface area contributed by atoms with Crippen molar-refractivity contribution in [3.05, 3.63) is 59.9 Å². The highest BCUT2D eigenvalue weighted by atomic mass is 16.5. The molecule has 0 bridgehead atoms. The van der Waals surface area contributed by atoms with Crippen LogP contribution in [0.25, 0.3) is 21.9 Å². The Labute approximate surface area is 202 Å². The zero-order valence-corrected chi connectivity index (χ0v) is 19.8. The topological polar surface area (TPSA) is 107 Å². The van der Waals surface area contributed by atoms with Gasteiger partial charge < -0.3 is 25.7 Å². The number of urea groups is 1. The number of nitrogen functional groups attached to an aromatic ring is 1. The van der Waals surface area contributed by atoms with Gasteiger partial charge in [-0.05, 0) is 43.0 Å². The zero-order chi connectivity index (χ0) is 23.9. The number of hydrogen-bond acceptors (Lipinski definition) is 5. The molecule has 0 saturated carbocycles. The number of hydrogen-bond donors (Lipinski definition) is 3. The third-order valence-electron chi connectivity index (χ3n) is 5.84. The molecule has 4 rings (SSSR count). The van der Waals surface area contributed by atoms with E-state index in [0.717, 1.165) is 64.9 Å². The maximum atomic E-state index is 11.8. The van der Waals surface area contributed by atoms with E-state index in [2.05, 4.69) is 38.4 Å².